The molecule has 0 radical (unpaired) electrons. The lowest BCUT2D eigenvalue weighted by molar-refractivity contribution is 0.248. The van der Waals surface area contributed by atoms with Gasteiger partial charge in [-0.1, -0.05) is 26.0 Å². The Kier molecular flexibility index (Phi) is 3.92. The number of fused-ring (bicyclic) bond motifs is 1. The van der Waals surface area contributed by atoms with E-state index in [-0.39, 0.29) is 5.54 Å². The molecule has 2 aromatic rings. The SMILES string of the molecule is CCN(Sn1nc2ccccc2n1)C(C)(C)CC. The minimum Gasteiger partial charge on any atom is -0.224 e. The molecule has 0 unspecified atom stereocenters. The summed E-state index contributed by atoms with van der Waals surface area (Å²) in [7, 11) is 0. The van der Waals surface area contributed by atoms with Crippen molar-refractivity contribution in [3.63, 3.8) is 0 Å². The lowest BCUT2D eigenvalue weighted by Crippen LogP contribution is -2.39. The molecule has 0 aliphatic rings. The summed E-state index contributed by atoms with van der Waals surface area (Å²) >= 11 is 1.57. The maximum absolute atomic E-state index is 4.48. The van der Waals surface area contributed by atoms with Crippen LogP contribution in [0.5, 0.6) is 0 Å². The first kappa shape index (κ1) is 13.4. The van der Waals surface area contributed by atoms with Crippen molar-refractivity contribution in [3.8, 4) is 0 Å². The van der Waals surface area contributed by atoms with E-state index < -0.39 is 0 Å². The fraction of sp³-hybridized carbons (Fsp3) is 0.538. The highest BCUT2D eigenvalue weighted by molar-refractivity contribution is 7.95. The van der Waals surface area contributed by atoms with Crippen molar-refractivity contribution in [2.45, 2.75) is 39.7 Å². The summed E-state index contributed by atoms with van der Waals surface area (Å²) in [5.41, 5.74) is 2.02. The van der Waals surface area contributed by atoms with Gasteiger partial charge in [-0.2, -0.15) is 0 Å². The van der Waals surface area contributed by atoms with E-state index >= 15 is 0 Å². The normalized spacial score (nSPS) is 12.5. The summed E-state index contributed by atoms with van der Waals surface area (Å²) in [6.07, 6.45) is 1.09. The van der Waals surface area contributed by atoms with Crippen molar-refractivity contribution in [1.82, 2.24) is 18.7 Å². The Balaban J connectivity index is 2.21. The van der Waals surface area contributed by atoms with Crippen LogP contribution >= 0.6 is 12.1 Å². The summed E-state index contributed by atoms with van der Waals surface area (Å²) in [6.45, 7) is 9.81. The Morgan fingerprint density at radius 1 is 1.17 bits per heavy atom. The molecule has 0 N–H and O–H groups in total. The fourth-order valence-corrected chi connectivity index (χ4v) is 2.63. The number of hydrogen-bond donors (Lipinski definition) is 0. The highest BCUT2D eigenvalue weighted by atomic mass is 32.2. The minimum absolute atomic E-state index is 0.138. The zero-order valence-electron chi connectivity index (χ0n) is 11.4. The lowest BCUT2D eigenvalue weighted by atomic mass is 10.0. The largest absolute Gasteiger partial charge is 0.224 e. The van der Waals surface area contributed by atoms with Gasteiger partial charge < -0.3 is 0 Å². The first-order valence-corrected chi connectivity index (χ1v) is 7.08. The highest BCUT2D eigenvalue weighted by Crippen LogP contribution is 2.26. The van der Waals surface area contributed by atoms with Crippen LogP contribution in [0.1, 0.15) is 34.1 Å². The van der Waals surface area contributed by atoms with Crippen LogP contribution in [0.15, 0.2) is 24.3 Å². The van der Waals surface area contributed by atoms with Gasteiger partial charge in [-0.15, -0.1) is 14.4 Å². The van der Waals surface area contributed by atoms with E-state index in [0.29, 0.717) is 0 Å². The van der Waals surface area contributed by atoms with Gasteiger partial charge in [0.2, 0.25) is 0 Å². The van der Waals surface area contributed by atoms with E-state index in [2.05, 4.69) is 42.2 Å². The van der Waals surface area contributed by atoms with Gasteiger partial charge in [0.25, 0.3) is 0 Å². The van der Waals surface area contributed by atoms with Crippen molar-refractivity contribution >= 4 is 23.2 Å². The summed E-state index contributed by atoms with van der Waals surface area (Å²) in [5, 5.41) is 8.95. The zero-order valence-corrected chi connectivity index (χ0v) is 12.2. The third-order valence-corrected chi connectivity index (χ3v) is 4.53. The van der Waals surface area contributed by atoms with Gasteiger partial charge in [-0.05, 0) is 32.4 Å². The maximum Gasteiger partial charge on any atom is 0.114 e. The van der Waals surface area contributed by atoms with Crippen LogP contribution in [-0.4, -0.2) is 30.8 Å². The Labute approximate surface area is 113 Å². The van der Waals surface area contributed by atoms with Crippen LogP contribution in [0, 0.1) is 0 Å². The summed E-state index contributed by atoms with van der Waals surface area (Å²) in [4.78, 5) is 0. The second kappa shape index (κ2) is 5.28. The quantitative estimate of drug-likeness (QED) is 0.776. The minimum atomic E-state index is 0.138. The average Bonchev–Trinajstić information content (AvgIpc) is 2.78. The number of aromatic nitrogens is 3. The molecule has 0 fully saturated rings. The van der Waals surface area contributed by atoms with Crippen molar-refractivity contribution in [1.29, 1.82) is 0 Å². The molecular weight excluding hydrogens is 244 g/mol. The molecule has 0 saturated carbocycles. The molecule has 0 atom stereocenters. The topological polar surface area (TPSA) is 34.0 Å². The van der Waals surface area contributed by atoms with Crippen LogP contribution in [0.2, 0.25) is 0 Å². The molecule has 0 bridgehead atoms. The maximum atomic E-state index is 4.48. The molecule has 0 aliphatic carbocycles. The van der Waals surface area contributed by atoms with Crippen LogP contribution in [-0.2, 0) is 0 Å². The zero-order chi connectivity index (χ0) is 13.2. The number of rotatable bonds is 5. The van der Waals surface area contributed by atoms with Crippen molar-refractivity contribution in [3.05, 3.63) is 24.3 Å². The van der Waals surface area contributed by atoms with Gasteiger partial charge in [0.15, 0.2) is 0 Å². The molecule has 1 aromatic heterocycles. The first-order valence-electron chi connectivity index (χ1n) is 6.35. The monoisotopic (exact) mass is 264 g/mol. The van der Waals surface area contributed by atoms with Crippen LogP contribution < -0.4 is 0 Å². The second-order valence-electron chi connectivity index (χ2n) is 4.88. The standard InChI is InChI=1S/C13H20N4S/c1-5-13(3,4)16(6-2)18-17-14-11-9-7-8-10-12(11)15-17/h7-10H,5-6H2,1-4H3. The highest BCUT2D eigenvalue weighted by Gasteiger charge is 2.25. The molecule has 18 heavy (non-hydrogen) atoms. The average molecular weight is 264 g/mol. The molecule has 1 aromatic carbocycles. The summed E-state index contributed by atoms with van der Waals surface area (Å²) in [6, 6.07) is 7.94. The number of benzene rings is 1. The number of hydrogen-bond acceptors (Lipinski definition) is 4. The van der Waals surface area contributed by atoms with E-state index in [1.807, 2.05) is 24.3 Å². The van der Waals surface area contributed by atoms with E-state index in [9.17, 15) is 0 Å². The number of nitrogens with zero attached hydrogens (tertiary/aromatic N) is 4. The Bertz CT molecular complexity index is 487. The van der Waals surface area contributed by atoms with Crippen molar-refractivity contribution in [2.75, 3.05) is 6.54 Å². The Morgan fingerprint density at radius 2 is 1.72 bits per heavy atom. The van der Waals surface area contributed by atoms with E-state index in [4.69, 9.17) is 0 Å². The molecule has 0 saturated heterocycles. The molecule has 1 heterocycles. The first-order chi connectivity index (χ1) is 8.56. The van der Waals surface area contributed by atoms with Crippen LogP contribution in [0.3, 0.4) is 0 Å². The van der Waals surface area contributed by atoms with Crippen LogP contribution in [0.25, 0.3) is 11.0 Å². The van der Waals surface area contributed by atoms with Crippen molar-refractivity contribution < 1.29 is 0 Å². The van der Waals surface area contributed by atoms with Gasteiger partial charge in [-0.25, -0.2) is 4.31 Å². The molecule has 98 valence electrons. The lowest BCUT2D eigenvalue weighted by Gasteiger charge is -2.34. The molecule has 0 spiro atoms. The predicted octanol–water partition coefficient (Wildman–Crippen LogP) is 3.35. The third kappa shape index (κ3) is 2.67. The smallest absolute Gasteiger partial charge is 0.114 e. The fourth-order valence-electron chi connectivity index (χ4n) is 1.74. The van der Waals surface area contributed by atoms with Gasteiger partial charge in [0.1, 0.15) is 11.0 Å². The summed E-state index contributed by atoms with van der Waals surface area (Å²) < 4.78 is 4.03. The van der Waals surface area contributed by atoms with Gasteiger partial charge in [-0.3, -0.25) is 0 Å². The molecule has 0 aliphatic heterocycles. The third-order valence-electron chi connectivity index (χ3n) is 3.27. The molecule has 5 heteroatoms. The van der Waals surface area contributed by atoms with E-state index in [1.165, 1.54) is 0 Å². The van der Waals surface area contributed by atoms with Gasteiger partial charge in [0.05, 0.1) is 12.1 Å². The predicted molar refractivity (Wildman–Crippen MR) is 77.3 cm³/mol. The second-order valence-corrected chi connectivity index (χ2v) is 5.81. The molecule has 4 nitrogen and oxygen atoms in total. The Morgan fingerprint density at radius 3 is 2.17 bits per heavy atom. The van der Waals surface area contributed by atoms with Gasteiger partial charge in [0, 0.05) is 12.1 Å². The Hall–Kier alpha value is -1.07. The molecule has 2 rings (SSSR count). The van der Waals surface area contributed by atoms with Gasteiger partial charge >= 0.3 is 0 Å². The van der Waals surface area contributed by atoms with E-state index in [0.717, 1.165) is 24.0 Å². The molecule has 0 amide bonds. The van der Waals surface area contributed by atoms with Crippen LogP contribution in [0.4, 0.5) is 0 Å². The van der Waals surface area contributed by atoms with Crippen molar-refractivity contribution in [2.24, 2.45) is 0 Å². The van der Waals surface area contributed by atoms with E-state index in [1.54, 1.807) is 16.3 Å². The summed E-state index contributed by atoms with van der Waals surface area (Å²) in [5.74, 6) is 0. The molecular formula is C13H20N4S.